The van der Waals surface area contributed by atoms with Gasteiger partial charge in [0.1, 0.15) is 0 Å². The zero-order valence-corrected chi connectivity index (χ0v) is 14.9. The first-order valence-electron chi connectivity index (χ1n) is 5.78. The Labute approximate surface area is 145 Å². The maximum atomic E-state index is 11.8. The minimum Gasteiger partial charge on any atom is -0.300 e. The van der Waals surface area contributed by atoms with E-state index in [9.17, 15) is 4.79 Å². The summed E-state index contributed by atoms with van der Waals surface area (Å²) in [7, 11) is 0. The highest BCUT2D eigenvalue weighted by atomic mass is 35.5. The largest absolute Gasteiger partial charge is 0.300 e. The number of carbonyl (C=O) groups excluding carboxylic acids is 1. The summed E-state index contributed by atoms with van der Waals surface area (Å²) >= 11 is 16.4. The van der Waals surface area contributed by atoms with Crippen molar-refractivity contribution < 1.29 is 4.79 Å². The molecule has 112 valence electrons. The van der Waals surface area contributed by atoms with Crippen molar-refractivity contribution in [1.82, 2.24) is 10.2 Å². The fraction of sp³-hybridized carbons (Fsp3) is 0.250. The van der Waals surface area contributed by atoms with E-state index in [4.69, 9.17) is 23.2 Å². The minimum absolute atomic E-state index is 0.119. The van der Waals surface area contributed by atoms with Gasteiger partial charge in [-0.25, -0.2) is 0 Å². The molecule has 0 fully saturated rings. The number of nitrogens with one attached hydrogen (secondary N) is 1. The van der Waals surface area contributed by atoms with Gasteiger partial charge in [0.2, 0.25) is 11.0 Å². The molecular weight excluding hydrogens is 369 g/mol. The zero-order valence-electron chi connectivity index (χ0n) is 10.9. The molecule has 1 amide bonds. The number of amides is 1. The predicted octanol–water partition coefficient (Wildman–Crippen LogP) is 4.44. The third kappa shape index (κ3) is 5.03. The van der Waals surface area contributed by atoms with Gasteiger partial charge in [-0.15, -0.1) is 22.0 Å². The Morgan fingerprint density at radius 3 is 2.67 bits per heavy atom. The van der Waals surface area contributed by atoms with Gasteiger partial charge in [0.15, 0.2) is 4.34 Å². The van der Waals surface area contributed by atoms with Crippen LogP contribution in [0.3, 0.4) is 0 Å². The molecule has 0 bridgehead atoms. The van der Waals surface area contributed by atoms with Crippen molar-refractivity contribution in [2.24, 2.45) is 0 Å². The molecular formula is C12H11Cl2N3OS3. The number of nitrogens with zero attached hydrogens (tertiary/aromatic N) is 2. The summed E-state index contributed by atoms with van der Waals surface area (Å²) in [6.07, 6.45) is 1.91. The summed E-state index contributed by atoms with van der Waals surface area (Å²) in [4.78, 5) is 11.8. The van der Waals surface area contributed by atoms with Gasteiger partial charge >= 0.3 is 0 Å². The van der Waals surface area contributed by atoms with Crippen LogP contribution in [-0.4, -0.2) is 28.1 Å². The van der Waals surface area contributed by atoms with Crippen molar-refractivity contribution >= 4 is 69.1 Å². The molecule has 1 N–H and O–H groups in total. The monoisotopic (exact) mass is 379 g/mol. The Morgan fingerprint density at radius 1 is 1.33 bits per heavy atom. The van der Waals surface area contributed by atoms with E-state index in [1.54, 1.807) is 18.2 Å². The van der Waals surface area contributed by atoms with Crippen molar-refractivity contribution in [3.05, 3.63) is 33.8 Å². The Hall–Kier alpha value is -0.470. The average Bonchev–Trinajstić information content (AvgIpc) is 2.89. The topological polar surface area (TPSA) is 54.9 Å². The lowest BCUT2D eigenvalue weighted by molar-refractivity contribution is -0.113. The summed E-state index contributed by atoms with van der Waals surface area (Å²) < 4.78 is 0.820. The van der Waals surface area contributed by atoms with E-state index in [1.165, 1.54) is 34.9 Å². The number of hydrogen-bond acceptors (Lipinski definition) is 6. The summed E-state index contributed by atoms with van der Waals surface area (Å²) in [5.74, 6) is 0.764. The number of benzene rings is 1. The number of rotatable bonds is 6. The van der Waals surface area contributed by atoms with Gasteiger partial charge in [-0.2, -0.15) is 0 Å². The quantitative estimate of drug-likeness (QED) is 0.593. The Bertz CT molecular complexity index is 616. The third-order valence-electron chi connectivity index (χ3n) is 2.37. The van der Waals surface area contributed by atoms with E-state index in [1.807, 2.05) is 6.26 Å². The van der Waals surface area contributed by atoms with Gasteiger partial charge in [0.05, 0.1) is 5.75 Å². The number of halogens is 2. The predicted molar refractivity (Wildman–Crippen MR) is 92.9 cm³/mol. The standard InChI is InChI=1S/C12H11Cl2N3OS3/c1-19-12-17-16-11(21-12)15-10(18)6-20-5-7-8(13)3-2-4-9(7)14/h2-4H,5-6H2,1H3,(H,15,16,18). The molecule has 2 rings (SSSR count). The Morgan fingerprint density at radius 2 is 2.05 bits per heavy atom. The molecule has 0 aliphatic heterocycles. The number of anilines is 1. The minimum atomic E-state index is -0.119. The summed E-state index contributed by atoms with van der Waals surface area (Å²) in [6.45, 7) is 0. The van der Waals surface area contributed by atoms with E-state index < -0.39 is 0 Å². The van der Waals surface area contributed by atoms with Crippen LogP contribution in [0.25, 0.3) is 0 Å². The van der Waals surface area contributed by atoms with Crippen LogP contribution in [0.1, 0.15) is 5.56 Å². The SMILES string of the molecule is CSc1nnc(NC(=O)CSCc2c(Cl)cccc2Cl)s1. The summed E-state index contributed by atoms with van der Waals surface area (Å²) in [5, 5.41) is 12.3. The average molecular weight is 380 g/mol. The highest BCUT2D eigenvalue weighted by Gasteiger charge is 2.10. The summed E-state index contributed by atoms with van der Waals surface area (Å²) in [5.41, 5.74) is 0.846. The number of hydrogen-bond donors (Lipinski definition) is 1. The van der Waals surface area contributed by atoms with Crippen molar-refractivity contribution in [2.45, 2.75) is 10.1 Å². The zero-order chi connectivity index (χ0) is 15.2. The van der Waals surface area contributed by atoms with Crippen molar-refractivity contribution in [2.75, 3.05) is 17.3 Å². The molecule has 21 heavy (non-hydrogen) atoms. The normalized spacial score (nSPS) is 10.6. The van der Waals surface area contributed by atoms with Gasteiger partial charge in [-0.05, 0) is 24.0 Å². The number of carbonyl (C=O) groups is 1. The van der Waals surface area contributed by atoms with E-state index in [0.717, 1.165) is 9.90 Å². The fourth-order valence-electron chi connectivity index (χ4n) is 1.41. The van der Waals surface area contributed by atoms with Crippen LogP contribution in [0.2, 0.25) is 10.0 Å². The van der Waals surface area contributed by atoms with E-state index >= 15 is 0 Å². The molecule has 0 spiro atoms. The first-order valence-corrected chi connectivity index (χ1v) is 9.73. The lowest BCUT2D eigenvalue weighted by atomic mass is 10.2. The smallest absolute Gasteiger partial charge is 0.236 e. The molecule has 1 aromatic heterocycles. The van der Waals surface area contributed by atoms with E-state index in [0.29, 0.717) is 26.7 Å². The maximum absolute atomic E-state index is 11.8. The lowest BCUT2D eigenvalue weighted by Crippen LogP contribution is -2.14. The molecule has 2 aromatic rings. The van der Waals surface area contributed by atoms with Crippen LogP contribution in [0.15, 0.2) is 22.5 Å². The molecule has 0 unspecified atom stereocenters. The highest BCUT2D eigenvalue weighted by molar-refractivity contribution is 8.00. The van der Waals surface area contributed by atoms with Gasteiger partial charge in [0.25, 0.3) is 0 Å². The first-order chi connectivity index (χ1) is 10.1. The van der Waals surface area contributed by atoms with Gasteiger partial charge in [-0.1, -0.05) is 52.4 Å². The second kappa shape index (κ2) is 8.24. The lowest BCUT2D eigenvalue weighted by Gasteiger charge is -2.06. The highest BCUT2D eigenvalue weighted by Crippen LogP contribution is 2.28. The Balaban J connectivity index is 1.81. The molecule has 0 saturated carbocycles. The molecule has 1 aromatic carbocycles. The molecule has 0 radical (unpaired) electrons. The van der Waals surface area contributed by atoms with Gasteiger partial charge < -0.3 is 0 Å². The van der Waals surface area contributed by atoms with E-state index in [2.05, 4.69) is 15.5 Å². The van der Waals surface area contributed by atoms with E-state index in [-0.39, 0.29) is 5.91 Å². The number of aromatic nitrogens is 2. The molecule has 9 heteroatoms. The van der Waals surface area contributed by atoms with Crippen LogP contribution in [-0.2, 0) is 10.5 Å². The second-order valence-electron chi connectivity index (χ2n) is 3.82. The molecule has 0 aliphatic rings. The molecule has 0 aliphatic carbocycles. The van der Waals surface area contributed by atoms with Crippen LogP contribution < -0.4 is 5.32 Å². The fourth-order valence-corrected chi connectivity index (χ4v) is 4.16. The van der Waals surface area contributed by atoms with Gasteiger partial charge in [0, 0.05) is 15.8 Å². The van der Waals surface area contributed by atoms with Crippen LogP contribution >= 0.6 is 58.1 Å². The van der Waals surface area contributed by atoms with Crippen LogP contribution in [0.4, 0.5) is 5.13 Å². The third-order valence-corrected chi connectivity index (χ3v) is 5.85. The second-order valence-corrected chi connectivity index (χ2v) is 7.65. The van der Waals surface area contributed by atoms with Crippen molar-refractivity contribution in [3.8, 4) is 0 Å². The van der Waals surface area contributed by atoms with Crippen molar-refractivity contribution in [3.63, 3.8) is 0 Å². The van der Waals surface area contributed by atoms with Gasteiger partial charge in [-0.3, -0.25) is 10.1 Å². The molecule has 0 saturated heterocycles. The first kappa shape index (κ1) is 16.9. The Kier molecular flexibility index (Phi) is 6.63. The van der Waals surface area contributed by atoms with Crippen molar-refractivity contribution in [1.29, 1.82) is 0 Å². The maximum Gasteiger partial charge on any atom is 0.236 e. The number of thioether (sulfide) groups is 2. The van der Waals surface area contributed by atoms with Crippen LogP contribution in [0.5, 0.6) is 0 Å². The molecule has 1 heterocycles. The van der Waals surface area contributed by atoms with Crippen LogP contribution in [0, 0.1) is 0 Å². The molecule has 0 atom stereocenters. The summed E-state index contributed by atoms with van der Waals surface area (Å²) in [6, 6.07) is 5.37. The molecule has 4 nitrogen and oxygen atoms in total.